The van der Waals surface area contributed by atoms with Gasteiger partial charge in [0.25, 0.3) is 0 Å². The highest BCUT2D eigenvalue weighted by atomic mass is 15.1. The largest absolute Gasteiger partial charge is 0.399 e. The van der Waals surface area contributed by atoms with Crippen molar-refractivity contribution in [1.29, 1.82) is 0 Å². The van der Waals surface area contributed by atoms with Gasteiger partial charge in [-0.2, -0.15) is 0 Å². The molecule has 2 nitrogen and oxygen atoms in total. The van der Waals surface area contributed by atoms with Crippen LogP contribution in [-0.4, -0.2) is 25.0 Å². The predicted octanol–water partition coefficient (Wildman–Crippen LogP) is 2.25. The molecular formula is C13H20N2. The summed E-state index contributed by atoms with van der Waals surface area (Å²) in [7, 11) is 2.19. The van der Waals surface area contributed by atoms with Crippen molar-refractivity contribution in [2.45, 2.75) is 25.2 Å². The van der Waals surface area contributed by atoms with E-state index < -0.39 is 0 Å². The lowest BCUT2D eigenvalue weighted by Crippen LogP contribution is -2.29. The average Bonchev–Trinajstić information content (AvgIpc) is 3.00. The van der Waals surface area contributed by atoms with E-state index in [1.54, 1.807) is 0 Å². The zero-order valence-corrected chi connectivity index (χ0v) is 9.66. The molecule has 0 bridgehead atoms. The standard InChI is InChI=1S/C13H20N2/c1-3-15(2)10-13(8-9-13)11-4-6-12(14)7-5-11/h4-7H,3,8-10,14H2,1-2H3. The van der Waals surface area contributed by atoms with E-state index in [1.165, 1.54) is 24.9 Å². The number of anilines is 1. The average molecular weight is 204 g/mol. The molecule has 0 atom stereocenters. The highest BCUT2D eigenvalue weighted by Crippen LogP contribution is 2.48. The minimum absolute atomic E-state index is 0.429. The van der Waals surface area contributed by atoms with Gasteiger partial charge in [-0.25, -0.2) is 0 Å². The summed E-state index contributed by atoms with van der Waals surface area (Å²) < 4.78 is 0. The maximum absolute atomic E-state index is 5.71. The molecule has 0 aliphatic heterocycles. The second-order valence-electron chi connectivity index (χ2n) is 4.73. The third kappa shape index (κ3) is 2.15. The number of nitrogens with zero attached hydrogens (tertiary/aromatic N) is 1. The normalized spacial score (nSPS) is 18.1. The molecule has 82 valence electrons. The van der Waals surface area contributed by atoms with Crippen molar-refractivity contribution >= 4 is 5.69 Å². The van der Waals surface area contributed by atoms with Gasteiger partial charge < -0.3 is 10.6 Å². The van der Waals surface area contributed by atoms with Crippen LogP contribution in [0.2, 0.25) is 0 Å². The smallest absolute Gasteiger partial charge is 0.0314 e. The molecule has 1 aromatic carbocycles. The van der Waals surface area contributed by atoms with Crippen LogP contribution in [0, 0.1) is 0 Å². The summed E-state index contributed by atoms with van der Waals surface area (Å²) in [4.78, 5) is 2.39. The number of nitrogen functional groups attached to an aromatic ring is 1. The van der Waals surface area contributed by atoms with Crippen LogP contribution in [-0.2, 0) is 5.41 Å². The zero-order chi connectivity index (χ0) is 10.9. The maximum atomic E-state index is 5.71. The first kappa shape index (κ1) is 10.5. The predicted molar refractivity (Wildman–Crippen MR) is 64.9 cm³/mol. The zero-order valence-electron chi connectivity index (χ0n) is 9.66. The van der Waals surface area contributed by atoms with Gasteiger partial charge in [0.1, 0.15) is 0 Å². The highest BCUT2D eigenvalue weighted by Gasteiger charge is 2.44. The minimum atomic E-state index is 0.429. The number of hydrogen-bond donors (Lipinski definition) is 1. The van der Waals surface area contributed by atoms with Gasteiger partial charge in [-0.15, -0.1) is 0 Å². The second-order valence-corrected chi connectivity index (χ2v) is 4.73. The molecule has 0 heterocycles. The van der Waals surface area contributed by atoms with Crippen molar-refractivity contribution in [3.05, 3.63) is 29.8 Å². The lowest BCUT2D eigenvalue weighted by molar-refractivity contribution is 0.317. The summed E-state index contributed by atoms with van der Waals surface area (Å²) in [6.07, 6.45) is 2.64. The van der Waals surface area contributed by atoms with E-state index in [-0.39, 0.29) is 0 Å². The summed E-state index contributed by atoms with van der Waals surface area (Å²) in [5.41, 5.74) is 8.45. The van der Waals surface area contributed by atoms with Crippen molar-refractivity contribution in [2.24, 2.45) is 0 Å². The number of rotatable bonds is 4. The Balaban J connectivity index is 2.12. The van der Waals surface area contributed by atoms with E-state index >= 15 is 0 Å². The van der Waals surface area contributed by atoms with Gasteiger partial charge in [0.2, 0.25) is 0 Å². The van der Waals surface area contributed by atoms with Crippen LogP contribution in [0.4, 0.5) is 5.69 Å². The Bertz CT molecular complexity index is 325. The van der Waals surface area contributed by atoms with Gasteiger partial charge in [0.05, 0.1) is 0 Å². The Hall–Kier alpha value is -1.02. The molecule has 1 aliphatic carbocycles. The SMILES string of the molecule is CCN(C)CC1(c2ccc(N)cc2)CC1. The van der Waals surface area contributed by atoms with E-state index in [4.69, 9.17) is 5.73 Å². The first-order chi connectivity index (χ1) is 7.16. The van der Waals surface area contributed by atoms with E-state index in [2.05, 4.69) is 31.0 Å². The first-order valence-electron chi connectivity index (χ1n) is 5.71. The Morgan fingerprint density at radius 3 is 2.33 bits per heavy atom. The molecular weight excluding hydrogens is 184 g/mol. The molecule has 2 heteroatoms. The van der Waals surface area contributed by atoms with Gasteiger partial charge in [0, 0.05) is 17.6 Å². The molecule has 0 unspecified atom stereocenters. The van der Waals surface area contributed by atoms with Crippen LogP contribution >= 0.6 is 0 Å². The fourth-order valence-electron chi connectivity index (χ4n) is 2.15. The third-order valence-electron chi connectivity index (χ3n) is 3.49. The summed E-state index contributed by atoms with van der Waals surface area (Å²) in [6.45, 7) is 4.50. The van der Waals surface area contributed by atoms with E-state index in [9.17, 15) is 0 Å². The fourth-order valence-corrected chi connectivity index (χ4v) is 2.15. The fraction of sp³-hybridized carbons (Fsp3) is 0.538. The third-order valence-corrected chi connectivity index (χ3v) is 3.49. The number of benzene rings is 1. The van der Waals surface area contributed by atoms with Crippen molar-refractivity contribution in [3.63, 3.8) is 0 Å². The van der Waals surface area contributed by atoms with Gasteiger partial charge in [-0.3, -0.25) is 0 Å². The second kappa shape index (κ2) is 3.86. The summed E-state index contributed by atoms with van der Waals surface area (Å²) in [5.74, 6) is 0. The van der Waals surface area contributed by atoms with Gasteiger partial charge >= 0.3 is 0 Å². The number of hydrogen-bond acceptors (Lipinski definition) is 2. The molecule has 0 saturated heterocycles. The Kier molecular flexibility index (Phi) is 2.70. The van der Waals surface area contributed by atoms with Crippen LogP contribution in [0.3, 0.4) is 0 Å². The molecule has 2 rings (SSSR count). The van der Waals surface area contributed by atoms with Crippen LogP contribution in [0.5, 0.6) is 0 Å². The molecule has 0 amide bonds. The summed E-state index contributed by atoms with van der Waals surface area (Å²) in [5, 5.41) is 0. The molecule has 0 radical (unpaired) electrons. The quantitative estimate of drug-likeness (QED) is 0.762. The molecule has 1 fully saturated rings. The van der Waals surface area contributed by atoms with Crippen LogP contribution in [0.25, 0.3) is 0 Å². The van der Waals surface area contributed by atoms with Gasteiger partial charge in [-0.1, -0.05) is 19.1 Å². The van der Waals surface area contributed by atoms with Crippen LogP contribution in [0.1, 0.15) is 25.3 Å². The Morgan fingerprint density at radius 1 is 1.27 bits per heavy atom. The Morgan fingerprint density at radius 2 is 1.87 bits per heavy atom. The lowest BCUT2D eigenvalue weighted by atomic mass is 9.95. The topological polar surface area (TPSA) is 29.3 Å². The molecule has 2 N–H and O–H groups in total. The van der Waals surface area contributed by atoms with Crippen LogP contribution < -0.4 is 5.73 Å². The van der Waals surface area contributed by atoms with E-state index in [1.807, 2.05) is 12.1 Å². The van der Waals surface area contributed by atoms with Gasteiger partial charge in [0.15, 0.2) is 0 Å². The van der Waals surface area contributed by atoms with E-state index in [0.29, 0.717) is 5.41 Å². The molecule has 1 saturated carbocycles. The first-order valence-corrected chi connectivity index (χ1v) is 5.71. The van der Waals surface area contributed by atoms with Crippen molar-refractivity contribution in [2.75, 3.05) is 25.9 Å². The number of nitrogens with two attached hydrogens (primary N) is 1. The highest BCUT2D eigenvalue weighted by molar-refractivity contribution is 5.43. The lowest BCUT2D eigenvalue weighted by Gasteiger charge is -2.22. The monoisotopic (exact) mass is 204 g/mol. The Labute approximate surface area is 92.1 Å². The maximum Gasteiger partial charge on any atom is 0.0314 e. The van der Waals surface area contributed by atoms with Crippen molar-refractivity contribution < 1.29 is 0 Å². The molecule has 0 spiro atoms. The molecule has 1 aliphatic rings. The number of likely N-dealkylation sites (N-methyl/N-ethyl adjacent to an activating group) is 1. The minimum Gasteiger partial charge on any atom is -0.399 e. The van der Waals surface area contributed by atoms with Crippen molar-refractivity contribution in [1.82, 2.24) is 4.90 Å². The van der Waals surface area contributed by atoms with Gasteiger partial charge in [-0.05, 0) is 44.1 Å². The van der Waals surface area contributed by atoms with E-state index in [0.717, 1.165) is 12.2 Å². The summed E-state index contributed by atoms with van der Waals surface area (Å²) in [6, 6.07) is 8.40. The molecule has 1 aromatic rings. The summed E-state index contributed by atoms with van der Waals surface area (Å²) >= 11 is 0. The molecule has 15 heavy (non-hydrogen) atoms. The van der Waals surface area contributed by atoms with Crippen LogP contribution in [0.15, 0.2) is 24.3 Å². The molecule has 0 aromatic heterocycles. The van der Waals surface area contributed by atoms with Crippen molar-refractivity contribution in [3.8, 4) is 0 Å².